The summed E-state index contributed by atoms with van der Waals surface area (Å²) < 4.78 is 5.32. The van der Waals surface area contributed by atoms with Crippen molar-refractivity contribution in [2.45, 2.75) is 65.0 Å². The smallest absolute Gasteiger partial charge is 0.245 e. The lowest BCUT2D eigenvalue weighted by molar-refractivity contribution is -0.150. The van der Waals surface area contributed by atoms with E-state index >= 15 is 0 Å². The van der Waals surface area contributed by atoms with Gasteiger partial charge in [0.2, 0.25) is 11.8 Å². The third kappa shape index (κ3) is 4.47. The van der Waals surface area contributed by atoms with Gasteiger partial charge in [0.15, 0.2) is 0 Å². The first-order chi connectivity index (χ1) is 9.65. The molecule has 1 rings (SSSR count). The molecule has 0 aliphatic carbocycles. The monoisotopic (exact) mass is 284 g/mol. The second-order valence-electron chi connectivity index (χ2n) is 5.24. The number of nitrogens with one attached hydrogen (secondary N) is 1. The molecule has 0 radical (unpaired) electrons. The average Bonchev–Trinajstić information content (AvgIpc) is 2.43. The lowest BCUT2D eigenvalue weighted by Gasteiger charge is -2.39. The van der Waals surface area contributed by atoms with E-state index < -0.39 is 0 Å². The number of hydrogen-bond acceptors (Lipinski definition) is 3. The lowest BCUT2D eigenvalue weighted by atomic mass is 10.0. The Hall–Kier alpha value is -1.10. The van der Waals surface area contributed by atoms with Crippen LogP contribution in [0, 0.1) is 0 Å². The Kier molecular flexibility index (Phi) is 7.59. The number of ether oxygens (including phenoxy) is 1. The third-order valence-electron chi connectivity index (χ3n) is 3.61. The fraction of sp³-hybridized carbons (Fsp3) is 0.867. The van der Waals surface area contributed by atoms with Crippen LogP contribution in [0.4, 0.5) is 0 Å². The summed E-state index contributed by atoms with van der Waals surface area (Å²) >= 11 is 0. The molecule has 1 heterocycles. The van der Waals surface area contributed by atoms with Gasteiger partial charge in [-0.3, -0.25) is 9.59 Å². The minimum absolute atomic E-state index is 0.00121. The molecule has 2 amide bonds. The first-order valence-corrected chi connectivity index (χ1v) is 7.84. The van der Waals surface area contributed by atoms with Gasteiger partial charge in [-0.25, -0.2) is 0 Å². The normalized spacial score (nSPS) is 23.1. The minimum Gasteiger partial charge on any atom is -0.382 e. The summed E-state index contributed by atoms with van der Waals surface area (Å²) in [6.45, 7) is 7.95. The highest BCUT2D eigenvalue weighted by atomic mass is 16.5. The quantitative estimate of drug-likeness (QED) is 0.656. The molecule has 0 bridgehead atoms. The van der Waals surface area contributed by atoms with Crippen LogP contribution in [0.25, 0.3) is 0 Å². The van der Waals surface area contributed by atoms with E-state index in [2.05, 4.69) is 5.32 Å². The molecule has 0 saturated carbocycles. The lowest BCUT2D eigenvalue weighted by Crippen LogP contribution is -2.63. The van der Waals surface area contributed by atoms with Crippen molar-refractivity contribution in [2.75, 3.05) is 19.8 Å². The standard InChI is InChI=1S/C15H28N2O3/c1-4-8-12-15(19)17(10-7-11-20-6-3)13(9-5-2)14(18)16-12/h12-13H,4-11H2,1-3H3,(H,16,18). The van der Waals surface area contributed by atoms with Crippen LogP contribution in [-0.4, -0.2) is 48.6 Å². The Morgan fingerprint density at radius 1 is 1.15 bits per heavy atom. The zero-order chi connectivity index (χ0) is 15.0. The second-order valence-corrected chi connectivity index (χ2v) is 5.24. The Balaban J connectivity index is 2.68. The Morgan fingerprint density at radius 2 is 1.85 bits per heavy atom. The number of rotatable bonds is 9. The fourth-order valence-corrected chi connectivity index (χ4v) is 2.62. The second kappa shape index (κ2) is 8.95. The van der Waals surface area contributed by atoms with Gasteiger partial charge < -0.3 is 15.0 Å². The van der Waals surface area contributed by atoms with Gasteiger partial charge in [-0.2, -0.15) is 0 Å². The van der Waals surface area contributed by atoms with Gasteiger partial charge in [-0.15, -0.1) is 0 Å². The summed E-state index contributed by atoms with van der Waals surface area (Å²) in [4.78, 5) is 26.4. The molecule has 0 spiro atoms. The predicted octanol–water partition coefficient (Wildman–Crippen LogP) is 1.71. The highest BCUT2D eigenvalue weighted by molar-refractivity contribution is 5.96. The van der Waals surface area contributed by atoms with Crippen LogP contribution < -0.4 is 5.32 Å². The van der Waals surface area contributed by atoms with Gasteiger partial charge in [0, 0.05) is 19.8 Å². The van der Waals surface area contributed by atoms with E-state index in [4.69, 9.17) is 4.74 Å². The Bertz CT molecular complexity index is 320. The SMILES string of the molecule is CCCC1NC(=O)C(CCC)N(CCCOCC)C1=O. The van der Waals surface area contributed by atoms with Crippen LogP contribution in [0.5, 0.6) is 0 Å². The largest absolute Gasteiger partial charge is 0.382 e. The molecule has 1 aliphatic rings. The van der Waals surface area contributed by atoms with Crippen LogP contribution >= 0.6 is 0 Å². The number of amides is 2. The molecular formula is C15H28N2O3. The van der Waals surface area contributed by atoms with Crippen molar-refractivity contribution < 1.29 is 14.3 Å². The maximum absolute atomic E-state index is 12.5. The molecule has 5 nitrogen and oxygen atoms in total. The number of carbonyl (C=O) groups excluding carboxylic acids is 2. The molecule has 5 heteroatoms. The van der Waals surface area contributed by atoms with Gasteiger partial charge >= 0.3 is 0 Å². The van der Waals surface area contributed by atoms with Gasteiger partial charge in [0.05, 0.1) is 0 Å². The van der Waals surface area contributed by atoms with Gasteiger partial charge in [-0.1, -0.05) is 26.7 Å². The van der Waals surface area contributed by atoms with Crippen molar-refractivity contribution in [3.63, 3.8) is 0 Å². The van der Waals surface area contributed by atoms with Crippen LogP contribution in [0.1, 0.15) is 52.9 Å². The zero-order valence-electron chi connectivity index (χ0n) is 13.0. The number of nitrogens with zero attached hydrogens (tertiary/aromatic N) is 1. The van der Waals surface area contributed by atoms with Crippen molar-refractivity contribution >= 4 is 11.8 Å². The van der Waals surface area contributed by atoms with E-state index in [1.165, 1.54) is 0 Å². The summed E-state index contributed by atoms with van der Waals surface area (Å²) in [5, 5.41) is 2.87. The van der Waals surface area contributed by atoms with Gasteiger partial charge in [0.1, 0.15) is 12.1 Å². The molecule has 1 aliphatic heterocycles. The van der Waals surface area contributed by atoms with Crippen LogP contribution in [0.15, 0.2) is 0 Å². The molecule has 1 fully saturated rings. The average molecular weight is 284 g/mol. The third-order valence-corrected chi connectivity index (χ3v) is 3.61. The summed E-state index contributed by atoms with van der Waals surface area (Å²) in [5.74, 6) is 0.0720. The molecule has 116 valence electrons. The topological polar surface area (TPSA) is 58.6 Å². The molecule has 2 unspecified atom stereocenters. The molecular weight excluding hydrogens is 256 g/mol. The molecule has 0 aromatic carbocycles. The van der Waals surface area contributed by atoms with E-state index in [0.717, 1.165) is 25.7 Å². The van der Waals surface area contributed by atoms with Crippen molar-refractivity contribution in [1.82, 2.24) is 10.2 Å². The maximum Gasteiger partial charge on any atom is 0.245 e. The van der Waals surface area contributed by atoms with Crippen LogP contribution in [-0.2, 0) is 14.3 Å². The van der Waals surface area contributed by atoms with Crippen molar-refractivity contribution in [3.8, 4) is 0 Å². The van der Waals surface area contributed by atoms with E-state index in [-0.39, 0.29) is 23.9 Å². The van der Waals surface area contributed by atoms with E-state index in [9.17, 15) is 9.59 Å². The Labute approximate surface area is 122 Å². The van der Waals surface area contributed by atoms with Crippen LogP contribution in [0.3, 0.4) is 0 Å². The van der Waals surface area contributed by atoms with Gasteiger partial charge in [0.25, 0.3) is 0 Å². The summed E-state index contributed by atoms with van der Waals surface area (Å²) in [6, 6.07) is -0.644. The van der Waals surface area contributed by atoms with E-state index in [1.807, 2.05) is 20.8 Å². The zero-order valence-corrected chi connectivity index (χ0v) is 13.0. The predicted molar refractivity (Wildman–Crippen MR) is 78.4 cm³/mol. The maximum atomic E-state index is 12.5. The first-order valence-electron chi connectivity index (χ1n) is 7.84. The molecule has 0 aromatic rings. The molecule has 20 heavy (non-hydrogen) atoms. The van der Waals surface area contributed by atoms with E-state index in [0.29, 0.717) is 26.2 Å². The minimum atomic E-state index is -0.340. The molecule has 0 aromatic heterocycles. The Morgan fingerprint density at radius 3 is 2.45 bits per heavy atom. The van der Waals surface area contributed by atoms with Crippen molar-refractivity contribution in [2.24, 2.45) is 0 Å². The highest BCUT2D eigenvalue weighted by Crippen LogP contribution is 2.17. The van der Waals surface area contributed by atoms with Crippen molar-refractivity contribution in [1.29, 1.82) is 0 Å². The summed E-state index contributed by atoms with van der Waals surface area (Å²) in [7, 11) is 0. The highest BCUT2D eigenvalue weighted by Gasteiger charge is 2.38. The number of hydrogen-bond donors (Lipinski definition) is 1. The van der Waals surface area contributed by atoms with E-state index in [1.54, 1.807) is 4.90 Å². The summed E-state index contributed by atoms with van der Waals surface area (Å²) in [5.41, 5.74) is 0. The van der Waals surface area contributed by atoms with Crippen LogP contribution in [0.2, 0.25) is 0 Å². The fourth-order valence-electron chi connectivity index (χ4n) is 2.62. The molecule has 2 atom stereocenters. The van der Waals surface area contributed by atoms with Gasteiger partial charge in [-0.05, 0) is 26.2 Å². The summed E-state index contributed by atoms with van der Waals surface area (Å²) in [6.07, 6.45) is 4.01. The number of carbonyl (C=O) groups is 2. The molecule has 1 saturated heterocycles. The first kappa shape index (κ1) is 17.0. The number of piperazine rings is 1. The van der Waals surface area contributed by atoms with Crippen molar-refractivity contribution in [3.05, 3.63) is 0 Å². The molecule has 1 N–H and O–H groups in total.